The van der Waals surface area contributed by atoms with Crippen LogP contribution >= 0.6 is 0 Å². The lowest BCUT2D eigenvalue weighted by Crippen LogP contribution is -2.22. The van der Waals surface area contributed by atoms with Crippen LogP contribution in [0.3, 0.4) is 0 Å². The molecular weight excluding hydrogens is 356 g/mol. The average molecular weight is 373 g/mol. The van der Waals surface area contributed by atoms with Gasteiger partial charge in [0.05, 0.1) is 18.4 Å². The van der Waals surface area contributed by atoms with Gasteiger partial charge in [-0.25, -0.2) is 8.78 Å². The smallest absolute Gasteiger partial charge is 0.310 e. The Kier molecular flexibility index (Phi) is 5.21. The molecule has 0 aliphatic rings. The van der Waals surface area contributed by atoms with E-state index in [4.69, 9.17) is 9.15 Å². The van der Waals surface area contributed by atoms with Crippen LogP contribution in [0.4, 0.5) is 14.5 Å². The summed E-state index contributed by atoms with van der Waals surface area (Å²) in [7, 11) is 0. The molecule has 0 atom stereocenters. The van der Waals surface area contributed by atoms with E-state index in [1.807, 2.05) is 26.0 Å². The Morgan fingerprint density at radius 3 is 2.67 bits per heavy atom. The Hall–Kier alpha value is -3.22. The summed E-state index contributed by atoms with van der Waals surface area (Å²) in [6.45, 7) is 3.32. The summed E-state index contributed by atoms with van der Waals surface area (Å²) in [6.07, 6.45) is 1.43. The first-order valence-corrected chi connectivity index (χ1v) is 8.22. The second-order valence-electron chi connectivity index (χ2n) is 6.15. The number of furan rings is 1. The summed E-state index contributed by atoms with van der Waals surface area (Å²) in [5.74, 6) is -3.01. The normalized spacial score (nSPS) is 10.8. The fourth-order valence-corrected chi connectivity index (χ4v) is 2.65. The molecule has 3 rings (SSSR count). The molecule has 0 bridgehead atoms. The SMILES string of the molecule is Cc1ccc2c(CC(=O)OCC(=O)Nc3ccc(F)cc3F)coc2c1C. The van der Waals surface area contributed by atoms with Gasteiger partial charge in [0.25, 0.3) is 5.91 Å². The minimum Gasteiger partial charge on any atom is -0.464 e. The van der Waals surface area contributed by atoms with Crippen molar-refractivity contribution < 1.29 is 27.5 Å². The van der Waals surface area contributed by atoms with E-state index in [2.05, 4.69) is 5.32 Å². The monoisotopic (exact) mass is 373 g/mol. The van der Waals surface area contributed by atoms with Crippen LogP contribution in [0.1, 0.15) is 16.7 Å². The van der Waals surface area contributed by atoms with Crippen molar-refractivity contribution in [1.82, 2.24) is 0 Å². The Bertz CT molecular complexity index is 1030. The zero-order chi connectivity index (χ0) is 19.6. The summed E-state index contributed by atoms with van der Waals surface area (Å²) in [6, 6.07) is 6.56. The molecule has 5 nitrogen and oxygen atoms in total. The number of aryl methyl sites for hydroxylation is 2. The van der Waals surface area contributed by atoms with E-state index < -0.39 is 30.1 Å². The third-order valence-electron chi connectivity index (χ3n) is 4.25. The highest BCUT2D eigenvalue weighted by Gasteiger charge is 2.15. The zero-order valence-electron chi connectivity index (χ0n) is 14.8. The van der Waals surface area contributed by atoms with Gasteiger partial charge in [0.2, 0.25) is 0 Å². The second kappa shape index (κ2) is 7.57. The minimum absolute atomic E-state index is 0.0618. The molecule has 1 heterocycles. The Morgan fingerprint density at radius 1 is 1.15 bits per heavy atom. The number of halogens is 2. The third-order valence-corrected chi connectivity index (χ3v) is 4.25. The van der Waals surface area contributed by atoms with Gasteiger partial charge in [0, 0.05) is 17.0 Å². The van der Waals surface area contributed by atoms with E-state index in [0.717, 1.165) is 28.6 Å². The van der Waals surface area contributed by atoms with E-state index in [1.54, 1.807) is 0 Å². The lowest BCUT2D eigenvalue weighted by atomic mass is 10.0. The second-order valence-corrected chi connectivity index (χ2v) is 6.15. The van der Waals surface area contributed by atoms with E-state index in [1.165, 1.54) is 6.26 Å². The van der Waals surface area contributed by atoms with Crippen LogP contribution in [0, 0.1) is 25.5 Å². The topological polar surface area (TPSA) is 68.5 Å². The molecule has 0 aliphatic heterocycles. The van der Waals surface area contributed by atoms with Crippen molar-refractivity contribution in [2.24, 2.45) is 0 Å². The highest BCUT2D eigenvalue weighted by atomic mass is 19.1. The number of amides is 1. The van der Waals surface area contributed by atoms with Crippen molar-refractivity contribution in [3.8, 4) is 0 Å². The summed E-state index contributed by atoms with van der Waals surface area (Å²) < 4.78 is 36.8. The number of hydrogen-bond donors (Lipinski definition) is 1. The highest BCUT2D eigenvalue weighted by Crippen LogP contribution is 2.26. The molecule has 1 aromatic heterocycles. The van der Waals surface area contributed by atoms with Gasteiger partial charge >= 0.3 is 5.97 Å². The molecule has 0 unspecified atom stereocenters. The first-order valence-electron chi connectivity index (χ1n) is 8.22. The summed E-state index contributed by atoms with van der Waals surface area (Å²) >= 11 is 0. The van der Waals surface area contributed by atoms with Crippen molar-refractivity contribution in [2.75, 3.05) is 11.9 Å². The predicted molar refractivity (Wildman–Crippen MR) is 95.3 cm³/mol. The number of esters is 1. The van der Waals surface area contributed by atoms with E-state index in [-0.39, 0.29) is 12.1 Å². The number of carbonyl (C=O) groups excluding carboxylic acids is 2. The molecule has 0 saturated carbocycles. The molecule has 1 amide bonds. The number of fused-ring (bicyclic) bond motifs is 1. The first-order chi connectivity index (χ1) is 12.8. The maximum Gasteiger partial charge on any atom is 0.310 e. The van der Waals surface area contributed by atoms with Crippen LogP contribution < -0.4 is 5.32 Å². The van der Waals surface area contributed by atoms with Crippen LogP contribution in [0.25, 0.3) is 11.0 Å². The standard InChI is InChI=1S/C20H17F2NO4/c1-11-3-5-15-13(9-27-20(15)12(11)2)7-19(25)26-10-18(24)23-17-6-4-14(21)8-16(17)22/h3-6,8-9H,7,10H2,1-2H3,(H,23,24). The van der Waals surface area contributed by atoms with E-state index in [9.17, 15) is 18.4 Å². The van der Waals surface area contributed by atoms with Crippen molar-refractivity contribution in [2.45, 2.75) is 20.3 Å². The Labute approximate surface area is 153 Å². The maximum atomic E-state index is 13.5. The van der Waals surface area contributed by atoms with Crippen molar-refractivity contribution in [1.29, 1.82) is 0 Å². The number of carbonyl (C=O) groups is 2. The van der Waals surface area contributed by atoms with Gasteiger partial charge < -0.3 is 14.5 Å². The van der Waals surface area contributed by atoms with Crippen LogP contribution in [-0.4, -0.2) is 18.5 Å². The number of anilines is 1. The molecular formula is C20H17F2NO4. The Morgan fingerprint density at radius 2 is 1.93 bits per heavy atom. The van der Waals surface area contributed by atoms with E-state index in [0.29, 0.717) is 17.2 Å². The number of rotatable bonds is 5. The third kappa shape index (κ3) is 4.13. The molecule has 0 spiro atoms. The van der Waals surface area contributed by atoms with Gasteiger partial charge in [-0.3, -0.25) is 9.59 Å². The van der Waals surface area contributed by atoms with E-state index >= 15 is 0 Å². The van der Waals surface area contributed by atoms with Crippen LogP contribution in [0.5, 0.6) is 0 Å². The minimum atomic E-state index is -0.912. The summed E-state index contributed by atoms with van der Waals surface area (Å²) in [5.41, 5.74) is 3.25. The zero-order valence-corrected chi connectivity index (χ0v) is 14.8. The molecule has 140 valence electrons. The predicted octanol–water partition coefficient (Wildman–Crippen LogP) is 4.05. The van der Waals surface area contributed by atoms with Gasteiger partial charge in [0.1, 0.15) is 17.2 Å². The highest BCUT2D eigenvalue weighted by molar-refractivity contribution is 5.93. The molecule has 0 fully saturated rings. The molecule has 2 aromatic carbocycles. The van der Waals surface area contributed by atoms with Gasteiger partial charge in [-0.1, -0.05) is 12.1 Å². The maximum absolute atomic E-state index is 13.5. The first kappa shape index (κ1) is 18.6. The van der Waals surface area contributed by atoms with Crippen molar-refractivity contribution >= 4 is 28.5 Å². The fraction of sp³-hybridized carbons (Fsp3) is 0.200. The molecule has 1 N–H and O–H groups in total. The largest absolute Gasteiger partial charge is 0.464 e. The van der Waals surface area contributed by atoms with Crippen molar-refractivity contribution in [3.05, 3.63) is 64.9 Å². The summed E-state index contributed by atoms with van der Waals surface area (Å²) in [5, 5.41) is 3.03. The Balaban J connectivity index is 1.58. The summed E-state index contributed by atoms with van der Waals surface area (Å²) in [4.78, 5) is 23.8. The van der Waals surface area contributed by atoms with Gasteiger partial charge in [0.15, 0.2) is 6.61 Å². The lowest BCUT2D eigenvalue weighted by molar-refractivity contribution is -0.146. The molecule has 3 aromatic rings. The van der Waals surface area contributed by atoms with Gasteiger partial charge in [-0.05, 0) is 37.1 Å². The number of ether oxygens (including phenoxy) is 1. The van der Waals surface area contributed by atoms with Gasteiger partial charge in [-0.15, -0.1) is 0 Å². The molecule has 0 saturated heterocycles. The molecule has 7 heteroatoms. The molecule has 27 heavy (non-hydrogen) atoms. The van der Waals surface area contributed by atoms with Crippen LogP contribution in [-0.2, 0) is 20.7 Å². The lowest BCUT2D eigenvalue weighted by Gasteiger charge is -2.07. The quantitative estimate of drug-likeness (QED) is 0.685. The molecule has 0 radical (unpaired) electrons. The number of benzene rings is 2. The number of hydrogen-bond acceptors (Lipinski definition) is 4. The number of nitrogens with one attached hydrogen (secondary N) is 1. The molecule has 0 aliphatic carbocycles. The average Bonchev–Trinajstić information content (AvgIpc) is 3.02. The fourth-order valence-electron chi connectivity index (χ4n) is 2.65. The van der Waals surface area contributed by atoms with Crippen molar-refractivity contribution in [3.63, 3.8) is 0 Å². The van der Waals surface area contributed by atoms with Crippen LogP contribution in [0.15, 0.2) is 41.0 Å². The van der Waals surface area contributed by atoms with Crippen LogP contribution in [0.2, 0.25) is 0 Å². The van der Waals surface area contributed by atoms with Gasteiger partial charge in [-0.2, -0.15) is 0 Å².